The maximum absolute atomic E-state index is 13.7. The molecule has 254 valence electrons. The van der Waals surface area contributed by atoms with E-state index in [1.54, 1.807) is 0 Å². The van der Waals surface area contributed by atoms with Crippen LogP contribution in [-0.2, 0) is 11.3 Å². The standard InChI is InChI=1S/C28H39N3O2.C12H17NO/c1-20-23(25(32)29-26-27(2,3)22-10-11-28(26,4)19-22)18-24(21-8-6-5-7-9-21)31(20)13-12-30-14-16-33-17-15-30;1-3-10(2)13-12(9-14)11-7-5-4-6-8-11/h5-9,18,22,26H,10-17,19H2,1-4H3,(H,29,32);3-8,12-14H,9H2,1-2H3/b;10-3+. The maximum atomic E-state index is 13.7. The fourth-order valence-corrected chi connectivity index (χ4v) is 8.23. The smallest absolute Gasteiger partial charge is 0.253 e. The van der Waals surface area contributed by atoms with E-state index in [9.17, 15) is 9.90 Å². The molecule has 3 fully saturated rings. The van der Waals surface area contributed by atoms with Crippen LogP contribution in [0.25, 0.3) is 11.3 Å². The minimum absolute atomic E-state index is 0.00704. The van der Waals surface area contributed by atoms with Crippen LogP contribution in [-0.4, -0.2) is 66.0 Å². The number of aliphatic hydroxyl groups excluding tert-OH is 1. The Labute approximate surface area is 282 Å². The Morgan fingerprint density at radius 3 is 2.30 bits per heavy atom. The highest BCUT2D eigenvalue weighted by atomic mass is 16.5. The summed E-state index contributed by atoms with van der Waals surface area (Å²) in [5, 5.41) is 16.0. The SMILES string of the molecule is C/C=C(\C)NC(CO)c1ccccc1.Cc1c(C(=O)NC2C3(C)CCC(C3)C2(C)C)cc(-c2ccccc2)n1CCN1CCOCC1. The molecular weight excluding hydrogens is 584 g/mol. The van der Waals surface area contributed by atoms with E-state index < -0.39 is 0 Å². The highest BCUT2D eigenvalue weighted by Crippen LogP contribution is 2.62. The minimum Gasteiger partial charge on any atom is -0.394 e. The monoisotopic (exact) mass is 640 g/mol. The lowest BCUT2D eigenvalue weighted by Crippen LogP contribution is -2.52. The first kappa shape index (κ1) is 34.9. The first-order valence-corrected chi connectivity index (χ1v) is 17.5. The van der Waals surface area contributed by atoms with Gasteiger partial charge >= 0.3 is 0 Å². The Kier molecular flexibility index (Phi) is 11.3. The zero-order valence-electron chi connectivity index (χ0n) is 29.4. The first-order valence-electron chi connectivity index (χ1n) is 17.5. The Hall–Kier alpha value is -3.39. The van der Waals surface area contributed by atoms with Gasteiger partial charge in [-0.15, -0.1) is 0 Å². The molecule has 4 unspecified atom stereocenters. The first-order chi connectivity index (χ1) is 22.6. The maximum Gasteiger partial charge on any atom is 0.253 e. The normalized spacial score (nSPS) is 24.4. The van der Waals surface area contributed by atoms with Crippen LogP contribution in [0.5, 0.6) is 0 Å². The summed E-state index contributed by atoms with van der Waals surface area (Å²) in [6, 6.07) is 22.8. The lowest BCUT2D eigenvalue weighted by atomic mass is 9.68. The van der Waals surface area contributed by atoms with Crippen LogP contribution in [0.3, 0.4) is 0 Å². The van der Waals surface area contributed by atoms with Gasteiger partial charge in [-0.2, -0.15) is 0 Å². The number of benzene rings is 2. The fourth-order valence-electron chi connectivity index (χ4n) is 8.23. The lowest BCUT2D eigenvalue weighted by molar-refractivity contribution is 0.0364. The third-order valence-corrected chi connectivity index (χ3v) is 11.2. The number of ether oxygens (including phenoxy) is 1. The van der Waals surface area contributed by atoms with Gasteiger partial charge < -0.3 is 25.0 Å². The zero-order chi connectivity index (χ0) is 33.6. The molecule has 3 aromatic rings. The van der Waals surface area contributed by atoms with Crippen molar-refractivity contribution in [2.45, 2.75) is 79.4 Å². The van der Waals surface area contributed by atoms with Crippen LogP contribution in [0.4, 0.5) is 0 Å². The summed E-state index contributed by atoms with van der Waals surface area (Å²) < 4.78 is 7.85. The van der Waals surface area contributed by atoms with Gasteiger partial charge in [0.25, 0.3) is 5.91 Å². The molecule has 2 aliphatic carbocycles. The number of hydrogen-bond acceptors (Lipinski definition) is 5. The molecule has 3 N–H and O–H groups in total. The highest BCUT2D eigenvalue weighted by Gasteiger charge is 2.59. The molecule has 1 amide bonds. The Morgan fingerprint density at radius 2 is 1.70 bits per heavy atom. The van der Waals surface area contributed by atoms with Crippen LogP contribution in [0.1, 0.15) is 81.5 Å². The molecular formula is C40H56N4O3. The van der Waals surface area contributed by atoms with Crippen molar-refractivity contribution in [2.24, 2.45) is 16.7 Å². The molecule has 1 saturated heterocycles. The Balaban J connectivity index is 0.000000261. The third kappa shape index (κ3) is 7.85. The summed E-state index contributed by atoms with van der Waals surface area (Å²) in [6.45, 7) is 18.7. The second kappa shape index (κ2) is 15.2. The molecule has 2 bridgehead atoms. The topological polar surface area (TPSA) is 78.8 Å². The number of aliphatic hydroxyl groups is 1. The average Bonchev–Trinajstić information content (AvgIpc) is 3.71. The van der Waals surface area contributed by atoms with Crippen molar-refractivity contribution >= 4 is 5.91 Å². The molecule has 1 aromatic heterocycles. The number of aromatic nitrogens is 1. The van der Waals surface area contributed by atoms with Gasteiger partial charge in [0.05, 0.1) is 31.4 Å². The minimum atomic E-state index is -0.00704. The summed E-state index contributed by atoms with van der Waals surface area (Å²) in [4.78, 5) is 16.1. The predicted molar refractivity (Wildman–Crippen MR) is 191 cm³/mol. The molecule has 0 spiro atoms. The van der Waals surface area contributed by atoms with Crippen molar-refractivity contribution in [2.75, 3.05) is 39.5 Å². The number of nitrogens with one attached hydrogen (secondary N) is 2. The van der Waals surface area contributed by atoms with Crippen molar-refractivity contribution in [1.29, 1.82) is 0 Å². The van der Waals surface area contributed by atoms with E-state index in [1.807, 2.05) is 56.3 Å². The molecule has 4 atom stereocenters. The summed E-state index contributed by atoms with van der Waals surface area (Å²) in [5.74, 6) is 0.800. The van der Waals surface area contributed by atoms with E-state index in [1.165, 1.54) is 19.3 Å². The van der Waals surface area contributed by atoms with Gasteiger partial charge in [0.15, 0.2) is 0 Å². The van der Waals surface area contributed by atoms with E-state index in [0.29, 0.717) is 5.92 Å². The predicted octanol–water partition coefficient (Wildman–Crippen LogP) is 6.97. The van der Waals surface area contributed by atoms with Crippen molar-refractivity contribution < 1.29 is 14.6 Å². The summed E-state index contributed by atoms with van der Waals surface area (Å²) in [5.41, 5.74) is 6.72. The van der Waals surface area contributed by atoms with Crippen LogP contribution in [0, 0.1) is 23.7 Å². The molecule has 2 aromatic carbocycles. The van der Waals surface area contributed by atoms with Gasteiger partial charge in [-0.1, -0.05) is 87.5 Å². The molecule has 47 heavy (non-hydrogen) atoms. The number of rotatable bonds is 10. The molecule has 7 heteroatoms. The number of fused-ring (bicyclic) bond motifs is 2. The molecule has 6 rings (SSSR count). The van der Waals surface area contributed by atoms with Gasteiger partial charge in [-0.05, 0) is 74.0 Å². The van der Waals surface area contributed by atoms with Gasteiger partial charge in [0, 0.05) is 49.3 Å². The average molecular weight is 641 g/mol. The Morgan fingerprint density at radius 1 is 1.04 bits per heavy atom. The summed E-state index contributed by atoms with van der Waals surface area (Å²) in [7, 11) is 0. The Bertz CT molecular complexity index is 1490. The number of amides is 1. The van der Waals surface area contributed by atoms with Crippen LogP contribution in [0.15, 0.2) is 78.5 Å². The van der Waals surface area contributed by atoms with E-state index in [0.717, 1.165) is 73.2 Å². The second-order valence-corrected chi connectivity index (χ2v) is 14.6. The quantitative estimate of drug-likeness (QED) is 0.223. The molecule has 7 nitrogen and oxygen atoms in total. The van der Waals surface area contributed by atoms with Crippen molar-refractivity contribution in [3.63, 3.8) is 0 Å². The van der Waals surface area contributed by atoms with Gasteiger partial charge in [-0.3, -0.25) is 9.69 Å². The summed E-state index contributed by atoms with van der Waals surface area (Å²) in [6.07, 6.45) is 5.75. The van der Waals surface area contributed by atoms with Crippen molar-refractivity contribution in [3.05, 3.63) is 95.3 Å². The number of carbonyl (C=O) groups is 1. The lowest BCUT2D eigenvalue weighted by Gasteiger charge is -2.43. The fraction of sp³-hybridized carbons (Fsp3) is 0.525. The van der Waals surface area contributed by atoms with E-state index in [-0.39, 0.29) is 35.4 Å². The second-order valence-electron chi connectivity index (χ2n) is 14.6. The summed E-state index contributed by atoms with van der Waals surface area (Å²) >= 11 is 0. The number of morpholine rings is 1. The van der Waals surface area contributed by atoms with E-state index in [4.69, 9.17) is 4.74 Å². The zero-order valence-corrected chi connectivity index (χ0v) is 29.4. The largest absolute Gasteiger partial charge is 0.394 e. The van der Waals surface area contributed by atoms with Crippen LogP contribution < -0.4 is 10.6 Å². The van der Waals surface area contributed by atoms with Gasteiger partial charge in [-0.25, -0.2) is 0 Å². The van der Waals surface area contributed by atoms with E-state index >= 15 is 0 Å². The van der Waals surface area contributed by atoms with Crippen molar-refractivity contribution in [1.82, 2.24) is 20.1 Å². The van der Waals surface area contributed by atoms with Crippen LogP contribution >= 0.6 is 0 Å². The van der Waals surface area contributed by atoms with E-state index in [2.05, 4.69) is 78.1 Å². The molecule has 1 aliphatic heterocycles. The number of nitrogens with zero attached hydrogens (tertiary/aromatic N) is 2. The molecule has 2 saturated carbocycles. The molecule has 3 aliphatic rings. The number of allylic oxidation sites excluding steroid dienone is 2. The number of hydrogen-bond donors (Lipinski definition) is 3. The van der Waals surface area contributed by atoms with Crippen LogP contribution in [0.2, 0.25) is 0 Å². The third-order valence-electron chi connectivity index (χ3n) is 11.2. The van der Waals surface area contributed by atoms with Gasteiger partial charge in [0.2, 0.25) is 0 Å². The van der Waals surface area contributed by atoms with Gasteiger partial charge in [0.1, 0.15) is 0 Å². The highest BCUT2D eigenvalue weighted by molar-refractivity contribution is 5.97. The number of carbonyl (C=O) groups excluding carboxylic acids is 1. The van der Waals surface area contributed by atoms with Crippen molar-refractivity contribution in [3.8, 4) is 11.3 Å². The molecule has 0 radical (unpaired) electrons. The molecule has 2 heterocycles.